The van der Waals surface area contributed by atoms with Crippen LogP contribution in [0.3, 0.4) is 0 Å². The molecule has 0 spiro atoms. The molecule has 0 saturated heterocycles. The van der Waals surface area contributed by atoms with Crippen molar-refractivity contribution in [3.63, 3.8) is 0 Å². The molecule has 29 heavy (non-hydrogen) atoms. The van der Waals surface area contributed by atoms with Gasteiger partial charge in [0.2, 0.25) is 0 Å². The molecule has 0 aromatic heterocycles. The summed E-state index contributed by atoms with van der Waals surface area (Å²) in [4.78, 5) is 0. The average molecular weight is 393 g/mol. The third-order valence-electron chi connectivity index (χ3n) is 7.32. The smallest absolute Gasteiger partial charge is 0.00514 e. The SMILES string of the molecule is CCCCCCCCC1(CCCCCCCC)C=CC2=C(Cc3ccccc32)C1. The van der Waals surface area contributed by atoms with Crippen LogP contribution in [0.1, 0.15) is 121 Å². The van der Waals surface area contributed by atoms with E-state index < -0.39 is 0 Å². The second-order valence-corrected chi connectivity index (χ2v) is 9.76. The summed E-state index contributed by atoms with van der Waals surface area (Å²) in [5, 5.41) is 0. The van der Waals surface area contributed by atoms with Gasteiger partial charge in [0, 0.05) is 0 Å². The van der Waals surface area contributed by atoms with Gasteiger partial charge in [-0.15, -0.1) is 0 Å². The Labute approximate surface area is 180 Å². The molecule has 0 heterocycles. The Bertz CT molecular complexity index is 659. The van der Waals surface area contributed by atoms with Crippen LogP contribution >= 0.6 is 0 Å². The lowest BCUT2D eigenvalue weighted by Gasteiger charge is -2.35. The van der Waals surface area contributed by atoms with E-state index in [0.29, 0.717) is 5.41 Å². The van der Waals surface area contributed by atoms with Crippen molar-refractivity contribution in [3.05, 3.63) is 53.1 Å². The average Bonchev–Trinajstić information content (AvgIpc) is 3.10. The van der Waals surface area contributed by atoms with Crippen LogP contribution in [0.5, 0.6) is 0 Å². The highest BCUT2D eigenvalue weighted by atomic mass is 14.4. The Hall–Kier alpha value is -1.30. The monoisotopic (exact) mass is 392 g/mol. The second kappa shape index (κ2) is 11.8. The molecule has 0 amide bonds. The molecule has 1 aromatic rings. The van der Waals surface area contributed by atoms with Crippen LogP contribution in [0, 0.1) is 5.41 Å². The van der Waals surface area contributed by atoms with Crippen LogP contribution in [0.15, 0.2) is 42.0 Å². The van der Waals surface area contributed by atoms with Crippen LogP contribution < -0.4 is 0 Å². The zero-order valence-electron chi connectivity index (χ0n) is 19.3. The maximum Gasteiger partial charge on any atom is -0.00514 e. The van der Waals surface area contributed by atoms with E-state index in [1.54, 1.807) is 16.7 Å². The van der Waals surface area contributed by atoms with Crippen molar-refractivity contribution in [2.24, 2.45) is 5.41 Å². The van der Waals surface area contributed by atoms with Gasteiger partial charge in [0.05, 0.1) is 0 Å². The van der Waals surface area contributed by atoms with E-state index in [9.17, 15) is 0 Å². The van der Waals surface area contributed by atoms with Gasteiger partial charge in [0.25, 0.3) is 0 Å². The van der Waals surface area contributed by atoms with Gasteiger partial charge in [-0.2, -0.15) is 0 Å². The second-order valence-electron chi connectivity index (χ2n) is 9.76. The Morgan fingerprint density at radius 3 is 1.97 bits per heavy atom. The standard InChI is InChI=1S/C29H44/c1-3-5-7-9-11-15-20-29(21-16-12-10-8-6-4-2)22-19-28-26(24-29)23-25-17-13-14-18-27(25)28/h13-14,17-19,22H,3-12,15-16,20-21,23-24H2,1-2H3. The van der Waals surface area contributed by atoms with E-state index >= 15 is 0 Å². The Kier molecular flexibility index (Phi) is 9.09. The van der Waals surface area contributed by atoms with E-state index in [1.165, 1.54) is 108 Å². The summed E-state index contributed by atoms with van der Waals surface area (Å²) in [6.07, 6.45) is 27.4. The van der Waals surface area contributed by atoms with Gasteiger partial charge < -0.3 is 0 Å². The molecule has 160 valence electrons. The predicted molar refractivity (Wildman–Crippen MR) is 129 cm³/mol. The van der Waals surface area contributed by atoms with Crippen LogP contribution in [0.25, 0.3) is 5.57 Å². The maximum absolute atomic E-state index is 2.64. The molecule has 0 fully saturated rings. The first-order chi connectivity index (χ1) is 14.3. The molecule has 0 saturated carbocycles. The number of rotatable bonds is 14. The highest BCUT2D eigenvalue weighted by Gasteiger charge is 2.34. The number of hydrogen-bond donors (Lipinski definition) is 0. The number of unbranched alkanes of at least 4 members (excludes halogenated alkanes) is 10. The van der Waals surface area contributed by atoms with Crippen LogP contribution in [-0.2, 0) is 6.42 Å². The highest BCUT2D eigenvalue weighted by molar-refractivity contribution is 5.84. The van der Waals surface area contributed by atoms with Gasteiger partial charge in [0.1, 0.15) is 0 Å². The fourth-order valence-corrected chi connectivity index (χ4v) is 5.55. The van der Waals surface area contributed by atoms with Crippen LogP contribution in [0.4, 0.5) is 0 Å². The molecule has 2 aliphatic carbocycles. The first-order valence-corrected chi connectivity index (χ1v) is 12.8. The highest BCUT2D eigenvalue weighted by Crippen LogP contribution is 2.48. The van der Waals surface area contributed by atoms with Crippen molar-refractivity contribution in [2.75, 3.05) is 0 Å². The minimum Gasteiger partial charge on any atom is -0.0774 e. The van der Waals surface area contributed by atoms with Crippen molar-refractivity contribution in [1.82, 2.24) is 0 Å². The fourth-order valence-electron chi connectivity index (χ4n) is 5.55. The lowest BCUT2D eigenvalue weighted by Crippen LogP contribution is -2.22. The summed E-state index contributed by atoms with van der Waals surface area (Å²) >= 11 is 0. The largest absolute Gasteiger partial charge is 0.0774 e. The van der Waals surface area contributed by atoms with E-state index in [1.807, 2.05) is 0 Å². The fraction of sp³-hybridized carbons (Fsp3) is 0.655. The maximum atomic E-state index is 2.64. The Balaban J connectivity index is 1.57. The predicted octanol–water partition coefficient (Wildman–Crippen LogP) is 9.44. The van der Waals surface area contributed by atoms with Gasteiger partial charge in [-0.3, -0.25) is 0 Å². The lowest BCUT2D eigenvalue weighted by atomic mass is 9.70. The zero-order chi connectivity index (χ0) is 20.4. The number of allylic oxidation sites excluding steroid dienone is 4. The molecule has 2 aliphatic rings. The molecule has 0 atom stereocenters. The van der Waals surface area contributed by atoms with E-state index in [0.717, 1.165) is 0 Å². The van der Waals surface area contributed by atoms with Crippen molar-refractivity contribution < 1.29 is 0 Å². The summed E-state index contributed by atoms with van der Waals surface area (Å²) in [7, 11) is 0. The summed E-state index contributed by atoms with van der Waals surface area (Å²) in [5.41, 5.74) is 6.78. The molecule has 1 aromatic carbocycles. The topological polar surface area (TPSA) is 0 Å². The molecule has 0 N–H and O–H groups in total. The molecule has 0 unspecified atom stereocenters. The molecular formula is C29H44. The normalized spacial score (nSPS) is 16.9. The summed E-state index contributed by atoms with van der Waals surface area (Å²) in [5.74, 6) is 0. The van der Waals surface area contributed by atoms with Gasteiger partial charge in [-0.05, 0) is 47.8 Å². The Morgan fingerprint density at radius 2 is 1.31 bits per heavy atom. The van der Waals surface area contributed by atoms with Crippen LogP contribution in [-0.4, -0.2) is 0 Å². The number of benzene rings is 1. The first kappa shape index (κ1) is 22.4. The van der Waals surface area contributed by atoms with E-state index in [-0.39, 0.29) is 0 Å². The molecule has 0 heteroatoms. The number of fused-ring (bicyclic) bond motifs is 2. The third kappa shape index (κ3) is 6.34. The molecule has 0 aliphatic heterocycles. The minimum absolute atomic E-state index is 0.441. The molecule has 3 rings (SSSR count). The Morgan fingerprint density at radius 1 is 0.724 bits per heavy atom. The summed E-state index contributed by atoms with van der Waals surface area (Å²) < 4.78 is 0. The van der Waals surface area contributed by atoms with Gasteiger partial charge in [-0.25, -0.2) is 0 Å². The van der Waals surface area contributed by atoms with Crippen molar-refractivity contribution in [3.8, 4) is 0 Å². The molecular weight excluding hydrogens is 348 g/mol. The van der Waals surface area contributed by atoms with Gasteiger partial charge in [-0.1, -0.05) is 133 Å². The molecule has 0 nitrogen and oxygen atoms in total. The number of hydrogen-bond acceptors (Lipinski definition) is 0. The van der Waals surface area contributed by atoms with Gasteiger partial charge >= 0.3 is 0 Å². The van der Waals surface area contributed by atoms with Gasteiger partial charge in [0.15, 0.2) is 0 Å². The van der Waals surface area contributed by atoms with Crippen molar-refractivity contribution in [1.29, 1.82) is 0 Å². The third-order valence-corrected chi connectivity index (χ3v) is 7.32. The van der Waals surface area contributed by atoms with E-state index in [4.69, 9.17) is 0 Å². The quantitative estimate of drug-likeness (QED) is 0.276. The molecule has 0 bridgehead atoms. The summed E-state index contributed by atoms with van der Waals surface area (Å²) in [6, 6.07) is 9.08. The lowest BCUT2D eigenvalue weighted by molar-refractivity contribution is 0.290. The molecule has 0 radical (unpaired) electrons. The zero-order valence-corrected chi connectivity index (χ0v) is 19.3. The minimum atomic E-state index is 0.441. The first-order valence-electron chi connectivity index (χ1n) is 12.8. The van der Waals surface area contributed by atoms with Crippen LogP contribution in [0.2, 0.25) is 0 Å². The van der Waals surface area contributed by atoms with Crippen molar-refractivity contribution >= 4 is 5.57 Å². The van der Waals surface area contributed by atoms with Crippen molar-refractivity contribution in [2.45, 2.75) is 117 Å². The summed E-state index contributed by atoms with van der Waals surface area (Å²) in [6.45, 7) is 4.63. The van der Waals surface area contributed by atoms with E-state index in [2.05, 4.69) is 50.3 Å².